The highest BCUT2D eigenvalue weighted by Crippen LogP contribution is 2.14. The Morgan fingerprint density at radius 1 is 0.472 bits per heavy atom. The molecule has 0 aromatic rings. The predicted molar refractivity (Wildman–Crippen MR) is 293 cm³/mol. The maximum absolute atomic E-state index is 12.6. The molecule has 0 spiro atoms. The van der Waals surface area contributed by atoms with E-state index in [0.717, 1.165) is 180 Å². The second-order valence-corrected chi connectivity index (χ2v) is 18.9. The molecule has 0 radical (unpaired) electrons. The number of hydrogen-bond acceptors (Lipinski definition) is 11. The maximum atomic E-state index is 12.6. The van der Waals surface area contributed by atoms with Gasteiger partial charge < -0.3 is 38.6 Å². The van der Waals surface area contributed by atoms with Crippen LogP contribution in [-0.2, 0) is 42.8 Å². The zero-order valence-corrected chi connectivity index (χ0v) is 46.2. The van der Waals surface area contributed by atoms with Crippen LogP contribution >= 0.6 is 0 Å². The molecule has 13 nitrogen and oxygen atoms in total. The number of allylic oxidation sites excluding steroid dienone is 8. The monoisotopic (exact) mass is 1020 g/mol. The van der Waals surface area contributed by atoms with E-state index in [9.17, 15) is 19.2 Å². The molecular weight excluding hydrogens is 911 g/mol. The summed E-state index contributed by atoms with van der Waals surface area (Å²) in [5.74, 6) is -0.575. The zero-order valence-electron chi connectivity index (χ0n) is 46.2. The Balaban J connectivity index is 2.37. The van der Waals surface area contributed by atoms with Crippen molar-refractivity contribution in [3.63, 3.8) is 0 Å². The molecule has 1 heterocycles. The molecule has 0 aromatic heterocycles. The lowest BCUT2D eigenvalue weighted by Gasteiger charge is -2.24. The molecule has 1 saturated heterocycles. The number of nitrogens with zero attached hydrogens (tertiary/aromatic N) is 2. The molecule has 1 N–H and O–H groups in total. The normalized spacial score (nSPS) is 13.3. The predicted octanol–water partition coefficient (Wildman–Crippen LogP) is 13.7. The highest BCUT2D eigenvalue weighted by molar-refractivity contribution is 6.01. The van der Waals surface area contributed by atoms with Crippen LogP contribution in [0, 0.1) is 0 Å². The third kappa shape index (κ3) is 42.0. The molecule has 416 valence electrons. The van der Waals surface area contributed by atoms with Gasteiger partial charge in [0.05, 0.1) is 32.6 Å². The first-order valence-electron chi connectivity index (χ1n) is 29.0. The van der Waals surface area contributed by atoms with E-state index in [2.05, 4.69) is 86.5 Å². The van der Waals surface area contributed by atoms with E-state index in [4.69, 9.17) is 28.4 Å². The summed E-state index contributed by atoms with van der Waals surface area (Å²) in [5.41, 5.74) is 0. The molecule has 0 bridgehead atoms. The van der Waals surface area contributed by atoms with Gasteiger partial charge in [-0.05, 0) is 142 Å². The molecule has 0 unspecified atom stereocenters. The molecule has 0 aliphatic carbocycles. The van der Waals surface area contributed by atoms with Crippen LogP contribution in [-0.4, -0.2) is 119 Å². The van der Waals surface area contributed by atoms with Gasteiger partial charge in [-0.25, -0.2) is 4.79 Å². The molecule has 1 rings (SSSR count). The number of nitrogens with one attached hydrogen (secondary N) is 1. The molecule has 1 aliphatic rings. The Morgan fingerprint density at radius 3 is 1.17 bits per heavy atom. The van der Waals surface area contributed by atoms with Crippen LogP contribution in [0.2, 0.25) is 0 Å². The fourth-order valence-electron chi connectivity index (χ4n) is 8.07. The number of carbonyl (C=O) groups excluding carboxylic acids is 4. The lowest BCUT2D eigenvalue weighted by Crippen LogP contribution is -2.39. The van der Waals surface area contributed by atoms with Gasteiger partial charge >= 0.3 is 18.0 Å². The number of esters is 2. The topological polar surface area (TPSA) is 142 Å². The molecule has 13 heteroatoms. The van der Waals surface area contributed by atoms with Crippen LogP contribution in [0.5, 0.6) is 0 Å². The van der Waals surface area contributed by atoms with E-state index in [1.54, 1.807) is 0 Å². The summed E-state index contributed by atoms with van der Waals surface area (Å²) < 4.78 is 35.4. The highest BCUT2D eigenvalue weighted by Gasteiger charge is 2.28. The second kappa shape index (κ2) is 51.1. The minimum Gasteiger partial charge on any atom is -0.466 e. The molecule has 0 atom stereocenters. The van der Waals surface area contributed by atoms with Crippen LogP contribution in [0.15, 0.2) is 48.6 Å². The number of urea groups is 1. The number of ether oxygens (including phenoxy) is 6. The van der Waals surface area contributed by atoms with E-state index in [0.29, 0.717) is 65.6 Å². The van der Waals surface area contributed by atoms with Crippen molar-refractivity contribution in [1.82, 2.24) is 15.1 Å². The van der Waals surface area contributed by atoms with Crippen molar-refractivity contribution in [3.8, 4) is 0 Å². The van der Waals surface area contributed by atoms with Crippen molar-refractivity contribution in [1.29, 1.82) is 0 Å². The van der Waals surface area contributed by atoms with Crippen molar-refractivity contribution in [3.05, 3.63) is 48.6 Å². The van der Waals surface area contributed by atoms with Crippen LogP contribution in [0.1, 0.15) is 220 Å². The summed E-state index contributed by atoms with van der Waals surface area (Å²) in [6, 6.07) is -0.310. The average molecular weight is 1020 g/mol. The van der Waals surface area contributed by atoms with E-state index in [1.165, 1.54) is 4.90 Å². The summed E-state index contributed by atoms with van der Waals surface area (Å²) in [7, 11) is 0. The Kier molecular flexibility index (Phi) is 47.3. The molecule has 72 heavy (non-hydrogen) atoms. The third-order valence-corrected chi connectivity index (χ3v) is 12.4. The van der Waals surface area contributed by atoms with Gasteiger partial charge in [0.1, 0.15) is 0 Å². The minimum atomic E-state index is -0.390. The van der Waals surface area contributed by atoms with Gasteiger partial charge in [0, 0.05) is 52.4 Å². The molecular formula is C59H105N3O10. The van der Waals surface area contributed by atoms with E-state index in [1.807, 2.05) is 0 Å². The zero-order chi connectivity index (χ0) is 52.2. The summed E-state index contributed by atoms with van der Waals surface area (Å²) in [5, 5.41) is 2.62. The molecule has 3 amide bonds. The van der Waals surface area contributed by atoms with Gasteiger partial charge in [-0.1, -0.05) is 115 Å². The number of unbranched alkanes of at least 4 members (excludes halogenated alkanes) is 16. The first-order chi connectivity index (χ1) is 35.3. The second-order valence-electron chi connectivity index (χ2n) is 18.9. The average Bonchev–Trinajstić information content (AvgIpc) is 3.70. The lowest BCUT2D eigenvalue weighted by molar-refractivity contribution is -0.159. The summed E-state index contributed by atoms with van der Waals surface area (Å²) in [4.78, 5) is 53.4. The number of rotatable bonds is 53. The fraction of sp³-hybridized carbons (Fsp3) is 0.797. The van der Waals surface area contributed by atoms with E-state index < -0.39 is 12.6 Å². The molecule has 1 fully saturated rings. The minimum absolute atomic E-state index is 0.0701. The Bertz CT molecular complexity index is 1270. The van der Waals surface area contributed by atoms with Gasteiger partial charge in [0.25, 0.3) is 0 Å². The number of amides is 3. The first kappa shape index (κ1) is 66.7. The van der Waals surface area contributed by atoms with Crippen molar-refractivity contribution in [2.75, 3.05) is 72.4 Å². The van der Waals surface area contributed by atoms with Gasteiger partial charge in [-0.15, -0.1) is 0 Å². The van der Waals surface area contributed by atoms with Crippen LogP contribution in [0.3, 0.4) is 0 Å². The summed E-state index contributed by atoms with van der Waals surface area (Å²) in [6.45, 7) is 14.8. The van der Waals surface area contributed by atoms with Crippen molar-refractivity contribution < 1.29 is 47.6 Å². The van der Waals surface area contributed by atoms with Crippen molar-refractivity contribution in [2.45, 2.75) is 233 Å². The van der Waals surface area contributed by atoms with Crippen LogP contribution < -0.4 is 5.32 Å². The Hall–Kier alpha value is -3.36. The quantitative estimate of drug-likeness (QED) is 0.0205. The SMILES string of the molecule is CC/C=C\CCCCOC(CCC(=O)OCCCCCCCN(CCCCCCCOC(=O)CCC(OCCCC/C=C\CC)OCCCC/C=C\CC)CCN1C(=O)CNC1=O)OCCCC/C=C\CC. The summed E-state index contributed by atoms with van der Waals surface area (Å²) >= 11 is 0. The Morgan fingerprint density at radius 2 is 0.819 bits per heavy atom. The van der Waals surface area contributed by atoms with Crippen molar-refractivity contribution in [2.24, 2.45) is 0 Å². The number of carbonyl (C=O) groups is 4. The third-order valence-electron chi connectivity index (χ3n) is 12.4. The standard InChI is InChI=1S/C59H105N3O10/c1-5-9-13-17-25-35-49-69-57(70-50-36-26-18-14-10-6-2)41-39-55(64)67-47-33-29-21-23-31-43-61(45-46-62-54(63)53-60-59(62)66)44-32-24-22-30-34-48-68-56(65)40-42-58(71-51-37-27-19-15-11-7-3)72-52-38-28-20-16-12-8-4/h9-16,57-58H,5-8,17-53H2,1-4H3,(H,60,66)/b13-9-,14-10-,15-11-,16-12-. The van der Waals surface area contributed by atoms with Gasteiger partial charge in [-0.3, -0.25) is 19.3 Å². The van der Waals surface area contributed by atoms with Crippen LogP contribution in [0.25, 0.3) is 0 Å². The largest absolute Gasteiger partial charge is 0.466 e. The number of imide groups is 1. The van der Waals surface area contributed by atoms with E-state index >= 15 is 0 Å². The molecule has 1 aliphatic heterocycles. The number of hydrogen-bond donors (Lipinski definition) is 1. The molecule has 0 aromatic carbocycles. The van der Waals surface area contributed by atoms with Gasteiger partial charge in [0.15, 0.2) is 12.6 Å². The highest BCUT2D eigenvalue weighted by atomic mass is 16.7. The summed E-state index contributed by atoms with van der Waals surface area (Å²) in [6.07, 6.45) is 45.0. The van der Waals surface area contributed by atoms with Gasteiger partial charge in [0.2, 0.25) is 5.91 Å². The van der Waals surface area contributed by atoms with Crippen molar-refractivity contribution >= 4 is 23.9 Å². The van der Waals surface area contributed by atoms with Gasteiger partial charge in [-0.2, -0.15) is 0 Å². The van der Waals surface area contributed by atoms with Crippen LogP contribution in [0.4, 0.5) is 4.79 Å². The van der Waals surface area contributed by atoms with E-state index in [-0.39, 0.29) is 43.3 Å². The first-order valence-corrected chi connectivity index (χ1v) is 29.0. The maximum Gasteiger partial charge on any atom is 0.324 e. The lowest BCUT2D eigenvalue weighted by atomic mass is 10.1. The molecule has 0 saturated carbocycles. The Labute approximate surface area is 439 Å². The fourth-order valence-corrected chi connectivity index (χ4v) is 8.07. The smallest absolute Gasteiger partial charge is 0.324 e.